The fraction of sp³-hybridized carbons (Fsp3) is 0.600. The molecule has 0 amide bonds. The van der Waals surface area contributed by atoms with Crippen molar-refractivity contribution in [3.63, 3.8) is 0 Å². The van der Waals surface area contributed by atoms with Gasteiger partial charge in [-0.05, 0) is 26.3 Å². The van der Waals surface area contributed by atoms with Crippen molar-refractivity contribution in [3.05, 3.63) is 18.0 Å². The summed E-state index contributed by atoms with van der Waals surface area (Å²) in [4.78, 5) is 10.2. The molecule has 1 aromatic heterocycles. The molecule has 0 aliphatic heterocycles. The minimum absolute atomic E-state index is 0.510. The average molecular weight is 195 g/mol. The number of rotatable bonds is 3. The molecule has 0 bridgehead atoms. The van der Waals surface area contributed by atoms with E-state index in [2.05, 4.69) is 9.97 Å². The van der Waals surface area contributed by atoms with Crippen LogP contribution in [0, 0.1) is 6.92 Å². The van der Waals surface area contributed by atoms with Gasteiger partial charge in [-0.15, -0.1) is 0 Å². The van der Waals surface area contributed by atoms with Gasteiger partial charge in [0.1, 0.15) is 0 Å². The standard InChI is InChI=1S/C10H17N3O/c1-8-5-11-9(12-6-8)13(4)7-10(2,3)14/h5-6,14H,7H2,1-4H3. The van der Waals surface area contributed by atoms with E-state index in [-0.39, 0.29) is 0 Å². The molecule has 0 aliphatic carbocycles. The highest BCUT2D eigenvalue weighted by molar-refractivity contribution is 5.28. The summed E-state index contributed by atoms with van der Waals surface area (Å²) < 4.78 is 0. The molecule has 0 spiro atoms. The highest BCUT2D eigenvalue weighted by Crippen LogP contribution is 2.09. The lowest BCUT2D eigenvalue weighted by atomic mass is 10.1. The molecule has 0 aliphatic rings. The Kier molecular flexibility index (Phi) is 3.06. The predicted molar refractivity (Wildman–Crippen MR) is 56.3 cm³/mol. The van der Waals surface area contributed by atoms with Gasteiger partial charge in [-0.25, -0.2) is 9.97 Å². The normalized spacial score (nSPS) is 11.5. The fourth-order valence-corrected chi connectivity index (χ4v) is 1.23. The summed E-state index contributed by atoms with van der Waals surface area (Å²) in [5, 5.41) is 9.61. The summed E-state index contributed by atoms with van der Waals surface area (Å²) in [6.07, 6.45) is 3.53. The van der Waals surface area contributed by atoms with Crippen LogP contribution in [-0.4, -0.2) is 34.3 Å². The lowest BCUT2D eigenvalue weighted by molar-refractivity contribution is 0.0883. The Morgan fingerprint density at radius 2 is 1.86 bits per heavy atom. The van der Waals surface area contributed by atoms with E-state index in [1.54, 1.807) is 26.2 Å². The van der Waals surface area contributed by atoms with Crippen LogP contribution in [0.2, 0.25) is 0 Å². The van der Waals surface area contributed by atoms with Gasteiger partial charge in [-0.1, -0.05) is 0 Å². The molecule has 4 heteroatoms. The van der Waals surface area contributed by atoms with Crippen molar-refractivity contribution >= 4 is 5.95 Å². The van der Waals surface area contributed by atoms with Gasteiger partial charge in [-0.2, -0.15) is 0 Å². The van der Waals surface area contributed by atoms with Crippen molar-refractivity contribution in [3.8, 4) is 0 Å². The van der Waals surface area contributed by atoms with E-state index in [1.807, 2.05) is 18.9 Å². The van der Waals surface area contributed by atoms with Crippen LogP contribution < -0.4 is 4.90 Å². The van der Waals surface area contributed by atoms with Gasteiger partial charge in [0.05, 0.1) is 5.60 Å². The van der Waals surface area contributed by atoms with E-state index in [9.17, 15) is 5.11 Å². The molecular weight excluding hydrogens is 178 g/mol. The molecule has 14 heavy (non-hydrogen) atoms. The minimum atomic E-state index is -0.733. The predicted octanol–water partition coefficient (Wildman–Crippen LogP) is 0.992. The van der Waals surface area contributed by atoms with Crippen molar-refractivity contribution in [2.45, 2.75) is 26.4 Å². The number of likely N-dealkylation sites (N-methyl/N-ethyl adjacent to an activating group) is 1. The Labute approximate surface area is 84.6 Å². The molecule has 1 aromatic rings. The Morgan fingerprint density at radius 3 is 2.29 bits per heavy atom. The third-order valence-electron chi connectivity index (χ3n) is 1.73. The maximum absolute atomic E-state index is 9.61. The summed E-state index contributed by atoms with van der Waals surface area (Å²) in [6, 6.07) is 0. The molecule has 4 nitrogen and oxygen atoms in total. The summed E-state index contributed by atoms with van der Waals surface area (Å²) in [5.74, 6) is 0.637. The zero-order valence-corrected chi connectivity index (χ0v) is 9.15. The third kappa shape index (κ3) is 3.30. The van der Waals surface area contributed by atoms with Crippen LogP contribution in [0.1, 0.15) is 19.4 Å². The van der Waals surface area contributed by atoms with Gasteiger partial charge >= 0.3 is 0 Å². The SMILES string of the molecule is Cc1cnc(N(C)CC(C)(C)O)nc1. The molecule has 0 radical (unpaired) electrons. The third-order valence-corrected chi connectivity index (χ3v) is 1.73. The maximum atomic E-state index is 9.61. The number of anilines is 1. The molecule has 0 fully saturated rings. The summed E-state index contributed by atoms with van der Waals surface area (Å²) >= 11 is 0. The van der Waals surface area contributed by atoms with Crippen molar-refractivity contribution in [2.75, 3.05) is 18.5 Å². The summed E-state index contributed by atoms with van der Waals surface area (Å²) in [6.45, 7) is 5.98. The van der Waals surface area contributed by atoms with E-state index in [0.29, 0.717) is 12.5 Å². The Balaban J connectivity index is 2.70. The summed E-state index contributed by atoms with van der Waals surface area (Å²) in [7, 11) is 1.86. The number of hydrogen-bond acceptors (Lipinski definition) is 4. The Bertz CT molecular complexity index is 289. The Hall–Kier alpha value is -1.16. The van der Waals surface area contributed by atoms with Gasteiger partial charge in [0.2, 0.25) is 5.95 Å². The molecule has 0 saturated carbocycles. The van der Waals surface area contributed by atoms with Crippen molar-refractivity contribution in [1.82, 2.24) is 9.97 Å². The van der Waals surface area contributed by atoms with Crippen molar-refractivity contribution < 1.29 is 5.11 Å². The lowest BCUT2D eigenvalue weighted by Crippen LogP contribution is -2.37. The first-order valence-corrected chi connectivity index (χ1v) is 4.61. The van der Waals surface area contributed by atoms with Crippen LogP contribution in [0.3, 0.4) is 0 Å². The van der Waals surface area contributed by atoms with Crippen LogP contribution in [-0.2, 0) is 0 Å². The van der Waals surface area contributed by atoms with Gasteiger partial charge in [0.15, 0.2) is 0 Å². The highest BCUT2D eigenvalue weighted by Gasteiger charge is 2.16. The minimum Gasteiger partial charge on any atom is -0.389 e. The molecule has 1 N–H and O–H groups in total. The van der Waals surface area contributed by atoms with E-state index in [4.69, 9.17) is 0 Å². The Morgan fingerprint density at radius 1 is 1.36 bits per heavy atom. The van der Waals surface area contributed by atoms with Gasteiger partial charge in [0, 0.05) is 26.0 Å². The number of aryl methyl sites for hydroxylation is 1. The topological polar surface area (TPSA) is 49.2 Å². The first kappa shape index (κ1) is 10.9. The molecular formula is C10H17N3O. The van der Waals surface area contributed by atoms with E-state index in [1.165, 1.54) is 0 Å². The largest absolute Gasteiger partial charge is 0.389 e. The zero-order chi connectivity index (χ0) is 10.8. The van der Waals surface area contributed by atoms with Gasteiger partial charge in [-0.3, -0.25) is 0 Å². The fourth-order valence-electron chi connectivity index (χ4n) is 1.23. The molecule has 78 valence electrons. The molecule has 0 unspecified atom stereocenters. The number of aliphatic hydroxyl groups is 1. The quantitative estimate of drug-likeness (QED) is 0.781. The maximum Gasteiger partial charge on any atom is 0.225 e. The monoisotopic (exact) mass is 195 g/mol. The molecule has 0 aromatic carbocycles. The number of hydrogen-bond donors (Lipinski definition) is 1. The summed E-state index contributed by atoms with van der Waals surface area (Å²) in [5.41, 5.74) is 0.300. The van der Waals surface area contributed by atoms with Crippen LogP contribution >= 0.6 is 0 Å². The highest BCUT2D eigenvalue weighted by atomic mass is 16.3. The van der Waals surface area contributed by atoms with E-state index >= 15 is 0 Å². The first-order chi connectivity index (χ1) is 6.38. The lowest BCUT2D eigenvalue weighted by Gasteiger charge is -2.25. The van der Waals surface area contributed by atoms with Gasteiger partial charge < -0.3 is 10.0 Å². The zero-order valence-electron chi connectivity index (χ0n) is 9.15. The van der Waals surface area contributed by atoms with E-state index in [0.717, 1.165) is 5.56 Å². The van der Waals surface area contributed by atoms with Crippen LogP contribution in [0.25, 0.3) is 0 Å². The second-order valence-electron chi connectivity index (χ2n) is 4.23. The van der Waals surface area contributed by atoms with Crippen LogP contribution in [0.15, 0.2) is 12.4 Å². The molecule has 1 rings (SSSR count). The van der Waals surface area contributed by atoms with Crippen molar-refractivity contribution in [2.24, 2.45) is 0 Å². The molecule has 0 saturated heterocycles. The average Bonchev–Trinajstić information content (AvgIpc) is 2.02. The van der Waals surface area contributed by atoms with Gasteiger partial charge in [0.25, 0.3) is 0 Å². The number of nitrogens with zero attached hydrogens (tertiary/aromatic N) is 3. The number of aromatic nitrogens is 2. The van der Waals surface area contributed by atoms with E-state index < -0.39 is 5.60 Å². The molecule has 0 atom stereocenters. The van der Waals surface area contributed by atoms with Crippen LogP contribution in [0.5, 0.6) is 0 Å². The molecule has 1 heterocycles. The van der Waals surface area contributed by atoms with Crippen molar-refractivity contribution in [1.29, 1.82) is 0 Å². The second kappa shape index (κ2) is 3.92. The second-order valence-corrected chi connectivity index (χ2v) is 4.23. The van der Waals surface area contributed by atoms with Crippen LogP contribution in [0.4, 0.5) is 5.95 Å². The first-order valence-electron chi connectivity index (χ1n) is 4.61. The smallest absolute Gasteiger partial charge is 0.225 e.